The molecule has 3 atom stereocenters. The number of rotatable bonds is 6. The standard InChI is InChI=1S/C16H23NO3/c1-11-6-7-15(12(11)2)17-8-9-20-14-5-3-4-13(10-14)16(18)19/h3-5,10-12,15,17H,6-9H2,1-2H3,(H,18,19). The van der Waals surface area contributed by atoms with Crippen molar-refractivity contribution >= 4 is 5.97 Å². The molecule has 4 nitrogen and oxygen atoms in total. The number of hydrogen-bond acceptors (Lipinski definition) is 3. The Morgan fingerprint density at radius 2 is 2.20 bits per heavy atom. The predicted octanol–water partition coefficient (Wildman–Crippen LogP) is 2.79. The zero-order valence-electron chi connectivity index (χ0n) is 12.1. The number of aromatic carboxylic acids is 1. The summed E-state index contributed by atoms with van der Waals surface area (Å²) in [5.74, 6) is 1.19. The van der Waals surface area contributed by atoms with Crippen molar-refractivity contribution in [2.75, 3.05) is 13.2 Å². The van der Waals surface area contributed by atoms with Gasteiger partial charge in [-0.15, -0.1) is 0 Å². The van der Waals surface area contributed by atoms with Gasteiger partial charge in [-0.05, 0) is 42.9 Å². The molecule has 0 heterocycles. The predicted molar refractivity (Wildman–Crippen MR) is 78.2 cm³/mol. The maximum Gasteiger partial charge on any atom is 0.335 e. The lowest BCUT2D eigenvalue weighted by atomic mass is 9.98. The molecule has 1 aliphatic rings. The van der Waals surface area contributed by atoms with Crippen LogP contribution < -0.4 is 10.1 Å². The van der Waals surface area contributed by atoms with Gasteiger partial charge in [-0.1, -0.05) is 19.9 Å². The van der Waals surface area contributed by atoms with Gasteiger partial charge >= 0.3 is 5.97 Å². The van der Waals surface area contributed by atoms with Crippen LogP contribution in [0.2, 0.25) is 0 Å². The first-order valence-electron chi connectivity index (χ1n) is 7.27. The molecule has 1 aromatic carbocycles. The molecule has 110 valence electrons. The van der Waals surface area contributed by atoms with Crippen LogP contribution in [-0.4, -0.2) is 30.3 Å². The van der Waals surface area contributed by atoms with Crippen LogP contribution in [-0.2, 0) is 0 Å². The molecule has 1 aromatic rings. The van der Waals surface area contributed by atoms with E-state index in [1.54, 1.807) is 24.3 Å². The highest BCUT2D eigenvalue weighted by Gasteiger charge is 2.28. The summed E-state index contributed by atoms with van der Waals surface area (Å²) < 4.78 is 5.59. The summed E-state index contributed by atoms with van der Waals surface area (Å²) >= 11 is 0. The molecule has 20 heavy (non-hydrogen) atoms. The zero-order valence-corrected chi connectivity index (χ0v) is 12.1. The van der Waals surface area contributed by atoms with Gasteiger partial charge in [0.25, 0.3) is 0 Å². The molecule has 2 rings (SSSR count). The minimum atomic E-state index is -0.928. The third-order valence-electron chi connectivity index (χ3n) is 4.32. The number of carboxylic acid groups (broad SMARTS) is 1. The van der Waals surface area contributed by atoms with E-state index >= 15 is 0 Å². The van der Waals surface area contributed by atoms with E-state index < -0.39 is 5.97 Å². The third kappa shape index (κ3) is 3.73. The molecule has 0 amide bonds. The van der Waals surface area contributed by atoms with Gasteiger partial charge in [0.2, 0.25) is 0 Å². The molecule has 1 saturated carbocycles. The number of carbonyl (C=O) groups is 1. The van der Waals surface area contributed by atoms with Crippen molar-refractivity contribution in [1.29, 1.82) is 0 Å². The molecule has 0 aromatic heterocycles. The fourth-order valence-electron chi connectivity index (χ4n) is 2.78. The van der Waals surface area contributed by atoms with E-state index in [9.17, 15) is 4.79 Å². The minimum Gasteiger partial charge on any atom is -0.492 e. The molecule has 0 radical (unpaired) electrons. The highest BCUT2D eigenvalue weighted by atomic mass is 16.5. The summed E-state index contributed by atoms with van der Waals surface area (Å²) in [5.41, 5.74) is 0.258. The van der Waals surface area contributed by atoms with Crippen molar-refractivity contribution in [1.82, 2.24) is 5.32 Å². The SMILES string of the molecule is CC1CCC(NCCOc2cccc(C(=O)O)c2)C1C. The van der Waals surface area contributed by atoms with Crippen molar-refractivity contribution in [2.24, 2.45) is 11.8 Å². The summed E-state index contributed by atoms with van der Waals surface area (Å²) in [6, 6.07) is 7.19. The van der Waals surface area contributed by atoms with Gasteiger partial charge in [-0.25, -0.2) is 4.79 Å². The fourth-order valence-corrected chi connectivity index (χ4v) is 2.78. The summed E-state index contributed by atoms with van der Waals surface area (Å²) in [6.45, 7) is 5.95. The normalized spacial score (nSPS) is 25.6. The molecule has 0 bridgehead atoms. The van der Waals surface area contributed by atoms with Gasteiger partial charge in [0.05, 0.1) is 5.56 Å². The molecule has 4 heteroatoms. The van der Waals surface area contributed by atoms with E-state index in [1.165, 1.54) is 12.8 Å². The average molecular weight is 277 g/mol. The maximum atomic E-state index is 10.9. The lowest BCUT2D eigenvalue weighted by molar-refractivity contribution is 0.0696. The van der Waals surface area contributed by atoms with E-state index in [2.05, 4.69) is 19.2 Å². The van der Waals surface area contributed by atoms with Crippen LogP contribution in [0.25, 0.3) is 0 Å². The number of carboxylic acids is 1. The van der Waals surface area contributed by atoms with Crippen molar-refractivity contribution < 1.29 is 14.6 Å². The Balaban J connectivity index is 1.73. The summed E-state index contributed by atoms with van der Waals surface area (Å²) in [4.78, 5) is 10.9. The Morgan fingerprint density at radius 1 is 1.40 bits per heavy atom. The van der Waals surface area contributed by atoms with Crippen LogP contribution in [0.15, 0.2) is 24.3 Å². The molecule has 1 aliphatic carbocycles. The quantitative estimate of drug-likeness (QED) is 0.785. The van der Waals surface area contributed by atoms with Crippen LogP contribution in [0.4, 0.5) is 0 Å². The first kappa shape index (κ1) is 14.9. The van der Waals surface area contributed by atoms with Crippen molar-refractivity contribution in [3.63, 3.8) is 0 Å². The van der Waals surface area contributed by atoms with E-state index in [0.29, 0.717) is 24.3 Å². The van der Waals surface area contributed by atoms with Gasteiger partial charge in [0.1, 0.15) is 12.4 Å². The zero-order chi connectivity index (χ0) is 14.5. The molecule has 0 aliphatic heterocycles. The molecular formula is C16H23NO3. The topological polar surface area (TPSA) is 58.6 Å². The molecule has 0 spiro atoms. The molecule has 1 fully saturated rings. The minimum absolute atomic E-state index is 0.258. The van der Waals surface area contributed by atoms with E-state index in [1.807, 2.05) is 0 Å². The van der Waals surface area contributed by atoms with Crippen molar-refractivity contribution in [2.45, 2.75) is 32.7 Å². The summed E-state index contributed by atoms with van der Waals surface area (Å²) in [6.07, 6.45) is 2.52. The fraction of sp³-hybridized carbons (Fsp3) is 0.562. The number of hydrogen-bond donors (Lipinski definition) is 2. The van der Waals surface area contributed by atoms with Crippen LogP contribution >= 0.6 is 0 Å². The van der Waals surface area contributed by atoms with Crippen molar-refractivity contribution in [3.05, 3.63) is 29.8 Å². The van der Waals surface area contributed by atoms with E-state index in [-0.39, 0.29) is 5.56 Å². The molecular weight excluding hydrogens is 254 g/mol. The van der Waals surface area contributed by atoms with Crippen LogP contribution in [0.3, 0.4) is 0 Å². The number of benzene rings is 1. The van der Waals surface area contributed by atoms with Crippen molar-refractivity contribution in [3.8, 4) is 5.75 Å². The Bertz CT molecular complexity index is 461. The number of ether oxygens (including phenoxy) is 1. The monoisotopic (exact) mass is 277 g/mol. The highest BCUT2D eigenvalue weighted by molar-refractivity contribution is 5.87. The van der Waals surface area contributed by atoms with Gasteiger partial charge in [0.15, 0.2) is 0 Å². The van der Waals surface area contributed by atoms with Crippen LogP contribution in [0, 0.1) is 11.8 Å². The average Bonchev–Trinajstić information content (AvgIpc) is 2.75. The van der Waals surface area contributed by atoms with Gasteiger partial charge in [0, 0.05) is 12.6 Å². The molecule has 2 N–H and O–H groups in total. The first-order chi connectivity index (χ1) is 9.58. The highest BCUT2D eigenvalue weighted by Crippen LogP contribution is 2.30. The summed E-state index contributed by atoms with van der Waals surface area (Å²) in [7, 11) is 0. The smallest absolute Gasteiger partial charge is 0.335 e. The Hall–Kier alpha value is -1.55. The lowest BCUT2D eigenvalue weighted by Gasteiger charge is -2.19. The molecule has 0 saturated heterocycles. The van der Waals surface area contributed by atoms with Crippen LogP contribution in [0.1, 0.15) is 37.0 Å². The van der Waals surface area contributed by atoms with Gasteiger partial charge in [-0.2, -0.15) is 0 Å². The third-order valence-corrected chi connectivity index (χ3v) is 4.32. The second kappa shape index (κ2) is 6.75. The Labute approximate surface area is 120 Å². The first-order valence-corrected chi connectivity index (χ1v) is 7.27. The van der Waals surface area contributed by atoms with Gasteiger partial charge in [-0.3, -0.25) is 0 Å². The largest absolute Gasteiger partial charge is 0.492 e. The van der Waals surface area contributed by atoms with E-state index in [0.717, 1.165) is 12.5 Å². The van der Waals surface area contributed by atoms with Gasteiger partial charge < -0.3 is 15.2 Å². The second-order valence-corrected chi connectivity index (χ2v) is 5.66. The maximum absolute atomic E-state index is 10.9. The summed E-state index contributed by atoms with van der Waals surface area (Å²) in [5, 5.41) is 12.4. The Kier molecular flexibility index (Phi) is 5.01. The number of nitrogens with one attached hydrogen (secondary N) is 1. The lowest BCUT2D eigenvalue weighted by Crippen LogP contribution is -2.35. The van der Waals surface area contributed by atoms with E-state index in [4.69, 9.17) is 9.84 Å². The molecule has 3 unspecified atom stereocenters. The van der Waals surface area contributed by atoms with Crippen LogP contribution in [0.5, 0.6) is 5.75 Å². The Morgan fingerprint density at radius 3 is 2.85 bits per heavy atom. The second-order valence-electron chi connectivity index (χ2n) is 5.66.